The number of hydrogen-bond donors (Lipinski definition) is 4. The Morgan fingerprint density at radius 1 is 1.43 bits per heavy atom. The number of nitrogens with zero attached hydrogens (tertiary/aromatic N) is 4. The highest BCUT2D eigenvalue weighted by molar-refractivity contribution is 5.68. The molecule has 0 bridgehead atoms. The predicted molar refractivity (Wildman–Crippen MR) is 70.1 cm³/mol. The zero-order valence-corrected chi connectivity index (χ0v) is 10.8. The first-order valence-corrected chi connectivity index (χ1v) is 6.24. The van der Waals surface area contributed by atoms with Crippen LogP contribution in [0, 0.1) is 5.41 Å². The molecular formula is C12H17N5O4. The van der Waals surface area contributed by atoms with Gasteiger partial charge in [-0.2, -0.15) is 0 Å². The van der Waals surface area contributed by atoms with Gasteiger partial charge in [-0.25, -0.2) is 9.97 Å². The lowest BCUT2D eigenvalue weighted by Gasteiger charge is -2.13. The fourth-order valence-corrected chi connectivity index (χ4v) is 2.33. The highest BCUT2D eigenvalue weighted by atomic mass is 16.5. The predicted octanol–water partition coefficient (Wildman–Crippen LogP) is -1.65. The molecule has 0 saturated carbocycles. The molecule has 1 aliphatic rings. The van der Waals surface area contributed by atoms with Gasteiger partial charge in [-0.05, 0) is 0 Å². The van der Waals surface area contributed by atoms with Crippen LogP contribution in [-0.4, -0.2) is 59.8 Å². The number of aliphatic hydroxyl groups is 3. The van der Waals surface area contributed by atoms with Gasteiger partial charge in [0.2, 0.25) is 0 Å². The van der Waals surface area contributed by atoms with Crippen molar-refractivity contribution in [1.82, 2.24) is 19.1 Å². The number of hydrogen-bond acceptors (Lipinski definition) is 7. The molecule has 1 aliphatic heterocycles. The Balaban J connectivity index is 2.05. The van der Waals surface area contributed by atoms with Crippen LogP contribution in [0.4, 0.5) is 0 Å². The van der Waals surface area contributed by atoms with E-state index in [-0.39, 0.29) is 24.2 Å². The van der Waals surface area contributed by atoms with Crippen LogP contribution >= 0.6 is 0 Å². The second-order valence-electron chi connectivity index (χ2n) is 4.63. The normalized spacial score (nSPS) is 30.0. The van der Waals surface area contributed by atoms with Crippen molar-refractivity contribution >= 4 is 11.2 Å². The van der Waals surface area contributed by atoms with Crippen molar-refractivity contribution in [3.63, 3.8) is 0 Å². The minimum atomic E-state index is -3.24. The van der Waals surface area contributed by atoms with E-state index < -0.39 is 37.0 Å². The largest absolute Gasteiger partial charge is 0.395 e. The summed E-state index contributed by atoms with van der Waals surface area (Å²) in [5.41, 5.74) is -0.337. The molecule has 0 aliphatic carbocycles. The molecule has 0 unspecified atom stereocenters. The smallest absolute Gasteiger partial charge is 0.167 e. The summed E-state index contributed by atoms with van der Waals surface area (Å²) in [6.45, 7) is -6.53. The maximum absolute atomic E-state index is 9.83. The van der Waals surface area contributed by atoms with Crippen LogP contribution in [0.15, 0.2) is 12.7 Å². The molecule has 9 nitrogen and oxygen atoms in total. The molecule has 0 radical (unpaired) electrons. The SMILES string of the molecule is [2H]C([2H])(O)C([2H])([2H])n1cnc2c(ncn2[C@H]2C[C@@H](O)[C@@H](CO)O2)c1=N. The van der Waals surface area contributed by atoms with Gasteiger partial charge in [-0.1, -0.05) is 0 Å². The number of aryl methyl sites for hydroxylation is 1. The lowest BCUT2D eigenvalue weighted by Crippen LogP contribution is -2.24. The Labute approximate surface area is 125 Å². The average molecular weight is 299 g/mol. The summed E-state index contributed by atoms with van der Waals surface area (Å²) < 4.78 is 37.3. The van der Waals surface area contributed by atoms with Crippen LogP contribution in [0.3, 0.4) is 0 Å². The molecule has 2 aromatic rings. The summed E-state index contributed by atoms with van der Waals surface area (Å²) in [5, 5.41) is 36.4. The summed E-state index contributed by atoms with van der Waals surface area (Å²) in [6.07, 6.45) is 0.0999. The maximum atomic E-state index is 9.83. The summed E-state index contributed by atoms with van der Waals surface area (Å²) in [4.78, 5) is 8.00. The standard InChI is InChI=1S/C12H17N5O4/c13-11-10-12(15-5-16(11)1-2-18)17(6-14-10)9-3-7(20)8(4-19)21-9/h5-9,13,18-20H,1-4H2/t7-,8-,9-/m1/s1/i1D2,2D2. The minimum Gasteiger partial charge on any atom is -0.395 e. The van der Waals surface area contributed by atoms with Crippen molar-refractivity contribution in [3.8, 4) is 0 Å². The van der Waals surface area contributed by atoms with E-state index in [0.29, 0.717) is 4.57 Å². The molecule has 3 heterocycles. The molecule has 4 N–H and O–H groups in total. The van der Waals surface area contributed by atoms with E-state index in [2.05, 4.69) is 9.97 Å². The van der Waals surface area contributed by atoms with Crippen molar-refractivity contribution in [2.75, 3.05) is 13.2 Å². The second kappa shape index (κ2) is 5.53. The minimum absolute atomic E-state index is 0.0267. The molecule has 3 rings (SSSR count). The van der Waals surface area contributed by atoms with Crippen LogP contribution in [0.2, 0.25) is 0 Å². The number of ether oxygens (including phenoxy) is 1. The Kier molecular flexibility index (Phi) is 2.63. The summed E-state index contributed by atoms with van der Waals surface area (Å²) in [5.74, 6) is 0. The Morgan fingerprint density at radius 3 is 2.90 bits per heavy atom. The van der Waals surface area contributed by atoms with Gasteiger partial charge in [0.1, 0.15) is 17.8 Å². The number of rotatable bonds is 4. The highest BCUT2D eigenvalue weighted by Crippen LogP contribution is 2.29. The van der Waals surface area contributed by atoms with Crippen molar-refractivity contribution in [2.24, 2.45) is 0 Å². The molecule has 0 spiro atoms. The van der Waals surface area contributed by atoms with Crippen LogP contribution in [0.25, 0.3) is 11.2 Å². The van der Waals surface area contributed by atoms with Crippen molar-refractivity contribution in [2.45, 2.75) is 31.4 Å². The molecular weight excluding hydrogens is 278 g/mol. The molecule has 1 fully saturated rings. The average Bonchev–Trinajstić information content (AvgIpc) is 3.09. The molecule has 2 aromatic heterocycles. The third kappa shape index (κ3) is 2.33. The van der Waals surface area contributed by atoms with Gasteiger partial charge in [0.25, 0.3) is 0 Å². The summed E-state index contributed by atoms with van der Waals surface area (Å²) >= 11 is 0. The Morgan fingerprint density at radius 2 is 2.24 bits per heavy atom. The van der Waals surface area contributed by atoms with E-state index in [1.165, 1.54) is 10.9 Å². The number of fused-ring (bicyclic) bond motifs is 1. The zero-order chi connectivity index (χ0) is 18.6. The number of nitrogens with one attached hydrogen (secondary N) is 1. The van der Waals surface area contributed by atoms with E-state index in [1.54, 1.807) is 0 Å². The van der Waals surface area contributed by atoms with Gasteiger partial charge in [-0.15, -0.1) is 0 Å². The molecule has 21 heavy (non-hydrogen) atoms. The van der Waals surface area contributed by atoms with Gasteiger partial charge >= 0.3 is 0 Å². The van der Waals surface area contributed by atoms with E-state index in [1.807, 2.05) is 0 Å². The van der Waals surface area contributed by atoms with E-state index in [4.69, 9.17) is 20.7 Å². The first kappa shape index (κ1) is 10.0. The van der Waals surface area contributed by atoms with E-state index in [9.17, 15) is 10.2 Å². The monoisotopic (exact) mass is 299 g/mol. The molecule has 9 heteroatoms. The highest BCUT2D eigenvalue weighted by Gasteiger charge is 2.35. The van der Waals surface area contributed by atoms with Crippen LogP contribution in [-0.2, 0) is 11.2 Å². The topological polar surface area (TPSA) is 129 Å². The fraction of sp³-hybridized carbons (Fsp3) is 0.583. The van der Waals surface area contributed by atoms with Crippen molar-refractivity contribution in [3.05, 3.63) is 18.1 Å². The first-order chi connectivity index (χ1) is 11.6. The lowest BCUT2D eigenvalue weighted by molar-refractivity contribution is -0.0432. The molecule has 3 atom stereocenters. The van der Waals surface area contributed by atoms with Gasteiger partial charge in [0, 0.05) is 12.9 Å². The summed E-state index contributed by atoms with van der Waals surface area (Å²) in [6, 6.07) is 0. The van der Waals surface area contributed by atoms with Crippen LogP contribution in [0.5, 0.6) is 0 Å². The summed E-state index contributed by atoms with van der Waals surface area (Å²) in [7, 11) is 0. The third-order valence-corrected chi connectivity index (χ3v) is 3.39. The van der Waals surface area contributed by atoms with E-state index >= 15 is 0 Å². The van der Waals surface area contributed by atoms with Crippen LogP contribution < -0.4 is 5.49 Å². The Hall–Kier alpha value is -1.81. The van der Waals surface area contributed by atoms with Gasteiger partial charge in [0.05, 0.1) is 37.4 Å². The van der Waals surface area contributed by atoms with Crippen molar-refractivity contribution < 1.29 is 25.5 Å². The lowest BCUT2D eigenvalue weighted by atomic mass is 10.2. The molecule has 0 aromatic carbocycles. The fourth-order valence-electron chi connectivity index (χ4n) is 2.33. The van der Waals surface area contributed by atoms with E-state index in [0.717, 1.165) is 6.33 Å². The zero-order valence-electron chi connectivity index (χ0n) is 14.8. The second-order valence-corrected chi connectivity index (χ2v) is 4.63. The van der Waals surface area contributed by atoms with Gasteiger partial charge in [-0.3, -0.25) is 9.98 Å². The quantitative estimate of drug-likeness (QED) is 0.535. The first-order valence-electron chi connectivity index (χ1n) is 8.24. The molecule has 1 saturated heterocycles. The van der Waals surface area contributed by atoms with Gasteiger partial charge in [0.15, 0.2) is 11.1 Å². The van der Waals surface area contributed by atoms with Crippen LogP contribution in [0.1, 0.15) is 18.1 Å². The molecule has 114 valence electrons. The Bertz CT molecular complexity index is 848. The third-order valence-electron chi connectivity index (χ3n) is 3.39. The molecule has 0 amide bonds. The number of aromatic nitrogens is 4. The van der Waals surface area contributed by atoms with Gasteiger partial charge < -0.3 is 24.6 Å². The maximum Gasteiger partial charge on any atom is 0.167 e. The number of imidazole rings is 1. The number of aliphatic hydroxyl groups excluding tert-OH is 2. The van der Waals surface area contributed by atoms with Crippen molar-refractivity contribution in [1.29, 1.82) is 5.41 Å².